The first-order valence-corrected chi connectivity index (χ1v) is 13.1. The summed E-state index contributed by atoms with van der Waals surface area (Å²) in [6, 6.07) is 15.1. The van der Waals surface area contributed by atoms with E-state index in [-0.39, 0.29) is 11.5 Å². The number of hydrogen-bond acceptors (Lipinski definition) is 8. The maximum Gasteiger partial charge on any atom is 0.257 e. The number of benzene rings is 2. The standard InChI is InChI=1S/C30H33N7O3/c1-6-27(38)32-21-8-7-9-23(15-21)37-28(39)14-19(2)24-17-31-30(34-29(24)37)33-25-11-10-22(16-26(25)40-5)36-13-12-35(4)20(3)18-36/h6-11,14-17,20H,1,12-13,18H2,2-5H3,(H,32,38)(H,31,33,34)/t20-/m1/s1. The molecule has 1 amide bonds. The number of aryl methyl sites for hydroxylation is 1. The molecule has 0 unspecified atom stereocenters. The van der Waals surface area contributed by atoms with Gasteiger partial charge in [-0.05, 0) is 62.9 Å². The molecular formula is C30H33N7O3. The van der Waals surface area contributed by atoms with Crippen molar-refractivity contribution >= 4 is 40.0 Å². The van der Waals surface area contributed by atoms with Crippen molar-refractivity contribution in [3.63, 3.8) is 0 Å². The van der Waals surface area contributed by atoms with Gasteiger partial charge in [-0.25, -0.2) is 4.98 Å². The molecule has 3 heterocycles. The van der Waals surface area contributed by atoms with Crippen LogP contribution in [0.1, 0.15) is 12.5 Å². The predicted octanol–water partition coefficient (Wildman–Crippen LogP) is 4.11. The fourth-order valence-corrected chi connectivity index (χ4v) is 4.86. The van der Waals surface area contributed by atoms with Crippen LogP contribution in [0, 0.1) is 6.92 Å². The fraction of sp³-hybridized carbons (Fsp3) is 0.267. The highest BCUT2D eigenvalue weighted by Gasteiger charge is 2.22. The molecule has 1 fully saturated rings. The number of pyridine rings is 1. The van der Waals surface area contributed by atoms with Crippen molar-refractivity contribution in [3.05, 3.63) is 83.3 Å². The van der Waals surface area contributed by atoms with E-state index in [0.717, 1.165) is 36.3 Å². The van der Waals surface area contributed by atoms with Gasteiger partial charge >= 0.3 is 0 Å². The lowest BCUT2D eigenvalue weighted by Gasteiger charge is -2.39. The van der Waals surface area contributed by atoms with E-state index < -0.39 is 0 Å². The molecule has 0 aliphatic carbocycles. The summed E-state index contributed by atoms with van der Waals surface area (Å²) in [6.07, 6.45) is 2.89. The third-order valence-corrected chi connectivity index (χ3v) is 7.28. The lowest BCUT2D eigenvalue weighted by Crippen LogP contribution is -2.50. The lowest BCUT2D eigenvalue weighted by atomic mass is 10.1. The summed E-state index contributed by atoms with van der Waals surface area (Å²) in [5.74, 6) is 0.649. The van der Waals surface area contributed by atoms with Gasteiger partial charge in [0.1, 0.15) is 5.75 Å². The zero-order valence-electron chi connectivity index (χ0n) is 23.1. The van der Waals surface area contributed by atoms with Crippen LogP contribution in [0.3, 0.4) is 0 Å². The Hall–Kier alpha value is -4.70. The van der Waals surface area contributed by atoms with Crippen molar-refractivity contribution in [2.75, 3.05) is 49.3 Å². The number of carbonyl (C=O) groups is 1. The smallest absolute Gasteiger partial charge is 0.257 e. The van der Waals surface area contributed by atoms with E-state index in [9.17, 15) is 9.59 Å². The average molecular weight is 540 g/mol. The number of piperazine rings is 1. The molecule has 0 spiro atoms. The Morgan fingerprint density at radius 3 is 2.73 bits per heavy atom. The molecule has 1 atom stereocenters. The van der Waals surface area contributed by atoms with E-state index in [1.165, 1.54) is 10.6 Å². The molecule has 2 N–H and O–H groups in total. The van der Waals surface area contributed by atoms with Gasteiger partial charge in [-0.3, -0.25) is 14.2 Å². The molecule has 0 bridgehead atoms. The van der Waals surface area contributed by atoms with Crippen LogP contribution in [-0.2, 0) is 4.79 Å². The first-order valence-electron chi connectivity index (χ1n) is 13.1. The van der Waals surface area contributed by atoms with Crippen LogP contribution in [0.4, 0.5) is 23.0 Å². The van der Waals surface area contributed by atoms with Gasteiger partial charge in [0, 0.05) is 60.8 Å². The molecule has 0 radical (unpaired) electrons. The van der Waals surface area contributed by atoms with Gasteiger partial charge < -0.3 is 25.2 Å². The fourth-order valence-electron chi connectivity index (χ4n) is 4.86. The van der Waals surface area contributed by atoms with Crippen LogP contribution in [-0.4, -0.2) is 65.2 Å². The predicted molar refractivity (Wildman–Crippen MR) is 159 cm³/mol. The van der Waals surface area contributed by atoms with E-state index in [2.05, 4.69) is 52.0 Å². The normalized spacial score (nSPS) is 15.6. The third-order valence-electron chi connectivity index (χ3n) is 7.28. The molecule has 1 aliphatic heterocycles. The Morgan fingerprint density at radius 2 is 1.98 bits per heavy atom. The quantitative estimate of drug-likeness (QED) is 0.338. The SMILES string of the molecule is C=CC(=O)Nc1cccc(-n2c(=O)cc(C)c3cnc(Nc4ccc(N5CCN(C)[C@H](C)C5)cc4OC)nc32)c1. The Morgan fingerprint density at radius 1 is 1.15 bits per heavy atom. The first-order chi connectivity index (χ1) is 19.3. The minimum absolute atomic E-state index is 0.245. The van der Waals surface area contributed by atoms with E-state index in [4.69, 9.17) is 9.72 Å². The molecule has 1 saturated heterocycles. The van der Waals surface area contributed by atoms with Gasteiger partial charge in [0.05, 0.1) is 18.5 Å². The van der Waals surface area contributed by atoms with Gasteiger partial charge in [0.2, 0.25) is 11.9 Å². The van der Waals surface area contributed by atoms with E-state index in [1.54, 1.807) is 43.6 Å². The molecular weight excluding hydrogens is 506 g/mol. The molecule has 4 aromatic rings. The van der Waals surface area contributed by atoms with E-state index >= 15 is 0 Å². The van der Waals surface area contributed by atoms with Crippen molar-refractivity contribution in [2.24, 2.45) is 0 Å². The maximum absolute atomic E-state index is 13.2. The van der Waals surface area contributed by atoms with Crippen molar-refractivity contribution in [3.8, 4) is 11.4 Å². The number of ether oxygens (including phenoxy) is 1. The molecule has 10 heteroatoms. The number of hydrogen-bond donors (Lipinski definition) is 2. The third kappa shape index (κ3) is 5.39. The summed E-state index contributed by atoms with van der Waals surface area (Å²) in [5.41, 5.74) is 3.86. The van der Waals surface area contributed by atoms with Gasteiger partial charge in [-0.15, -0.1) is 0 Å². The first kappa shape index (κ1) is 26.9. The van der Waals surface area contributed by atoms with E-state index in [1.807, 2.05) is 19.1 Å². The molecule has 40 heavy (non-hydrogen) atoms. The Balaban J connectivity index is 1.51. The number of likely N-dealkylation sites (N-methyl/N-ethyl adjacent to an activating group) is 1. The average Bonchev–Trinajstić information content (AvgIpc) is 2.94. The minimum atomic E-state index is -0.339. The number of methoxy groups -OCH3 is 1. The summed E-state index contributed by atoms with van der Waals surface area (Å²) < 4.78 is 7.23. The molecule has 2 aromatic carbocycles. The Kier molecular flexibility index (Phi) is 7.52. The lowest BCUT2D eigenvalue weighted by molar-refractivity contribution is -0.111. The summed E-state index contributed by atoms with van der Waals surface area (Å²) in [5, 5.41) is 6.73. The van der Waals surface area contributed by atoms with Crippen LogP contribution >= 0.6 is 0 Å². The largest absolute Gasteiger partial charge is 0.494 e. The number of carbonyl (C=O) groups excluding carboxylic acids is 1. The van der Waals surface area contributed by atoms with Crippen molar-refractivity contribution in [2.45, 2.75) is 19.9 Å². The summed E-state index contributed by atoms with van der Waals surface area (Å²) in [4.78, 5) is 39.0. The number of rotatable bonds is 7. The van der Waals surface area contributed by atoms with Crippen LogP contribution in [0.2, 0.25) is 0 Å². The van der Waals surface area contributed by atoms with Crippen molar-refractivity contribution in [1.82, 2.24) is 19.4 Å². The molecule has 5 rings (SSSR count). The van der Waals surface area contributed by atoms with Gasteiger partial charge in [0.15, 0.2) is 5.65 Å². The monoisotopic (exact) mass is 539 g/mol. The van der Waals surface area contributed by atoms with Crippen LogP contribution < -0.4 is 25.8 Å². The van der Waals surface area contributed by atoms with E-state index in [0.29, 0.717) is 40.4 Å². The number of amides is 1. The molecule has 1 aliphatic rings. The zero-order chi connectivity index (χ0) is 28.4. The maximum atomic E-state index is 13.2. The Bertz CT molecular complexity index is 1650. The van der Waals surface area contributed by atoms with Crippen molar-refractivity contribution < 1.29 is 9.53 Å². The number of anilines is 4. The second-order valence-electron chi connectivity index (χ2n) is 9.96. The summed E-state index contributed by atoms with van der Waals surface area (Å²) >= 11 is 0. The van der Waals surface area contributed by atoms with Crippen LogP contribution in [0.25, 0.3) is 16.7 Å². The van der Waals surface area contributed by atoms with Gasteiger partial charge in [0.25, 0.3) is 5.56 Å². The van der Waals surface area contributed by atoms with Gasteiger partial charge in [-0.2, -0.15) is 4.98 Å². The van der Waals surface area contributed by atoms with Crippen LogP contribution in [0.15, 0.2) is 72.2 Å². The second kappa shape index (κ2) is 11.2. The summed E-state index contributed by atoms with van der Waals surface area (Å²) in [7, 11) is 3.79. The summed E-state index contributed by atoms with van der Waals surface area (Å²) in [6.45, 7) is 10.5. The second-order valence-corrected chi connectivity index (χ2v) is 9.96. The molecule has 206 valence electrons. The highest BCUT2D eigenvalue weighted by atomic mass is 16.5. The Labute approximate surface area is 232 Å². The van der Waals surface area contributed by atoms with Crippen molar-refractivity contribution in [1.29, 1.82) is 0 Å². The molecule has 2 aromatic heterocycles. The number of fused-ring (bicyclic) bond motifs is 1. The molecule has 10 nitrogen and oxygen atoms in total. The highest BCUT2D eigenvalue weighted by Crippen LogP contribution is 2.32. The van der Waals surface area contributed by atoms with Gasteiger partial charge in [-0.1, -0.05) is 12.6 Å². The number of nitrogens with one attached hydrogen (secondary N) is 2. The number of aromatic nitrogens is 3. The zero-order valence-corrected chi connectivity index (χ0v) is 23.1. The topological polar surface area (TPSA) is 105 Å². The minimum Gasteiger partial charge on any atom is -0.494 e. The number of nitrogens with zero attached hydrogens (tertiary/aromatic N) is 5. The van der Waals surface area contributed by atoms with Crippen LogP contribution in [0.5, 0.6) is 5.75 Å². The highest BCUT2D eigenvalue weighted by molar-refractivity contribution is 5.99. The molecule has 0 saturated carbocycles.